The van der Waals surface area contributed by atoms with Crippen LogP contribution in [-0.2, 0) is 14.6 Å². The van der Waals surface area contributed by atoms with Crippen molar-refractivity contribution in [3.8, 4) is 0 Å². The van der Waals surface area contributed by atoms with Crippen LogP contribution in [0, 0.1) is 0 Å². The van der Waals surface area contributed by atoms with Crippen molar-refractivity contribution in [1.82, 2.24) is 0 Å². The molecule has 0 aromatic carbocycles. The molecule has 7 heteroatoms. The molecule has 0 rings (SSSR count). The first kappa shape index (κ1) is 13.3. The molecule has 0 spiro atoms. The number of rotatable bonds is 7. The average Bonchev–Trinajstić information content (AvgIpc) is 2.02. The van der Waals surface area contributed by atoms with Crippen molar-refractivity contribution in [3.63, 3.8) is 0 Å². The summed E-state index contributed by atoms with van der Waals surface area (Å²) in [7, 11) is -3.46. The Morgan fingerprint density at radius 1 is 1.36 bits per heavy atom. The maximum Gasteiger partial charge on any atom is 0.303 e. The molecule has 6 nitrogen and oxygen atoms in total. The summed E-state index contributed by atoms with van der Waals surface area (Å²) in [5.74, 6) is -1.86. The van der Waals surface area contributed by atoms with Gasteiger partial charge < -0.3 is 15.3 Å². The summed E-state index contributed by atoms with van der Waals surface area (Å²) in [5, 5.41) is 25.5. The molecular formula is C7H14O6S. The Labute approximate surface area is 82.1 Å². The first-order chi connectivity index (χ1) is 6.37. The Morgan fingerprint density at radius 2 is 1.93 bits per heavy atom. The third-order valence-electron chi connectivity index (χ3n) is 1.50. The summed E-state index contributed by atoms with van der Waals surface area (Å²) in [6.45, 7) is -0.613. The van der Waals surface area contributed by atoms with Gasteiger partial charge in [-0.15, -0.1) is 0 Å². The molecule has 0 bridgehead atoms. The molecule has 0 aliphatic rings. The zero-order valence-corrected chi connectivity index (χ0v) is 8.40. The van der Waals surface area contributed by atoms with Gasteiger partial charge in [0.2, 0.25) is 0 Å². The smallest absolute Gasteiger partial charge is 0.303 e. The molecule has 0 aliphatic carbocycles. The van der Waals surface area contributed by atoms with Crippen LogP contribution in [0.3, 0.4) is 0 Å². The molecule has 1 atom stereocenters. The van der Waals surface area contributed by atoms with Crippen LogP contribution < -0.4 is 0 Å². The number of carboxylic acid groups (broad SMARTS) is 1. The highest BCUT2D eigenvalue weighted by molar-refractivity contribution is 7.91. The van der Waals surface area contributed by atoms with E-state index in [-0.39, 0.29) is 18.6 Å². The van der Waals surface area contributed by atoms with E-state index in [0.29, 0.717) is 0 Å². The van der Waals surface area contributed by atoms with Crippen LogP contribution in [-0.4, -0.2) is 53.9 Å². The van der Waals surface area contributed by atoms with E-state index in [0.717, 1.165) is 0 Å². The third kappa shape index (κ3) is 6.81. The summed E-state index contributed by atoms with van der Waals surface area (Å²) in [6.07, 6.45) is -1.48. The fraction of sp³-hybridized carbons (Fsp3) is 0.857. The summed E-state index contributed by atoms with van der Waals surface area (Å²) in [5.41, 5.74) is 0. The summed E-state index contributed by atoms with van der Waals surface area (Å²) in [4.78, 5) is 10.1. The molecule has 1 unspecified atom stereocenters. The van der Waals surface area contributed by atoms with Gasteiger partial charge in [0.25, 0.3) is 0 Å². The second-order valence-electron chi connectivity index (χ2n) is 2.95. The molecular weight excluding hydrogens is 212 g/mol. The minimum absolute atomic E-state index is 0.0236. The van der Waals surface area contributed by atoms with E-state index in [1.807, 2.05) is 0 Å². The monoisotopic (exact) mass is 226 g/mol. The van der Waals surface area contributed by atoms with E-state index in [4.69, 9.17) is 15.3 Å². The van der Waals surface area contributed by atoms with Gasteiger partial charge in [0.05, 0.1) is 24.2 Å². The second-order valence-corrected chi connectivity index (χ2v) is 5.18. The van der Waals surface area contributed by atoms with Crippen molar-refractivity contribution < 1.29 is 28.5 Å². The first-order valence-electron chi connectivity index (χ1n) is 4.08. The number of hydrogen-bond donors (Lipinski definition) is 3. The molecule has 84 valence electrons. The van der Waals surface area contributed by atoms with Gasteiger partial charge in [-0.25, -0.2) is 8.42 Å². The standard InChI is InChI=1S/C7H14O6S/c8-4-6(9)5-14(12,13)3-1-2-7(10)11/h6,8-9H,1-5H2,(H,10,11). The lowest BCUT2D eigenvalue weighted by atomic mass is 10.3. The molecule has 0 amide bonds. The Morgan fingerprint density at radius 3 is 2.36 bits per heavy atom. The SMILES string of the molecule is O=C(O)CCCS(=O)(=O)CC(O)CO. The van der Waals surface area contributed by atoms with Crippen molar-refractivity contribution >= 4 is 15.8 Å². The van der Waals surface area contributed by atoms with Crippen LogP contribution in [0.1, 0.15) is 12.8 Å². The summed E-state index contributed by atoms with van der Waals surface area (Å²) in [6, 6.07) is 0. The van der Waals surface area contributed by atoms with Gasteiger partial charge in [-0.3, -0.25) is 4.79 Å². The van der Waals surface area contributed by atoms with Crippen LogP contribution in [0.25, 0.3) is 0 Å². The molecule has 0 saturated carbocycles. The number of carboxylic acids is 1. The topological polar surface area (TPSA) is 112 Å². The lowest BCUT2D eigenvalue weighted by Crippen LogP contribution is -2.26. The Bertz CT molecular complexity index is 270. The average molecular weight is 226 g/mol. The van der Waals surface area contributed by atoms with Crippen LogP contribution in [0.2, 0.25) is 0 Å². The number of aliphatic hydroxyl groups excluding tert-OH is 2. The van der Waals surface area contributed by atoms with E-state index >= 15 is 0 Å². The molecule has 0 fully saturated rings. The van der Waals surface area contributed by atoms with E-state index in [9.17, 15) is 13.2 Å². The Kier molecular flexibility index (Phi) is 5.66. The molecule has 0 radical (unpaired) electrons. The quantitative estimate of drug-likeness (QED) is 0.493. The molecule has 0 aromatic rings. The van der Waals surface area contributed by atoms with Crippen LogP contribution in [0.4, 0.5) is 0 Å². The number of aliphatic carboxylic acids is 1. The van der Waals surface area contributed by atoms with Crippen molar-refractivity contribution in [3.05, 3.63) is 0 Å². The van der Waals surface area contributed by atoms with Gasteiger partial charge in [0, 0.05) is 6.42 Å². The van der Waals surface area contributed by atoms with Crippen molar-refractivity contribution in [2.24, 2.45) is 0 Å². The van der Waals surface area contributed by atoms with Gasteiger partial charge in [0.1, 0.15) is 0 Å². The Hall–Kier alpha value is -0.660. The van der Waals surface area contributed by atoms with Gasteiger partial charge in [-0.2, -0.15) is 0 Å². The maximum absolute atomic E-state index is 11.1. The number of carbonyl (C=O) groups is 1. The lowest BCUT2D eigenvalue weighted by molar-refractivity contribution is -0.137. The van der Waals surface area contributed by atoms with Gasteiger partial charge >= 0.3 is 5.97 Å². The maximum atomic E-state index is 11.1. The summed E-state index contributed by atoms with van der Waals surface area (Å²) < 4.78 is 22.2. The first-order valence-corrected chi connectivity index (χ1v) is 5.90. The molecule has 14 heavy (non-hydrogen) atoms. The van der Waals surface area contributed by atoms with Crippen LogP contribution >= 0.6 is 0 Å². The fourth-order valence-corrected chi connectivity index (χ4v) is 2.31. The zero-order valence-electron chi connectivity index (χ0n) is 7.59. The third-order valence-corrected chi connectivity index (χ3v) is 3.31. The van der Waals surface area contributed by atoms with Gasteiger partial charge in [-0.05, 0) is 6.42 Å². The minimum Gasteiger partial charge on any atom is -0.481 e. The molecule has 0 aliphatic heterocycles. The lowest BCUT2D eigenvalue weighted by Gasteiger charge is -2.07. The number of hydrogen-bond acceptors (Lipinski definition) is 5. The van der Waals surface area contributed by atoms with Crippen molar-refractivity contribution in [1.29, 1.82) is 0 Å². The van der Waals surface area contributed by atoms with E-state index in [1.165, 1.54) is 0 Å². The minimum atomic E-state index is -3.46. The molecule has 0 saturated heterocycles. The Balaban J connectivity index is 3.90. The van der Waals surface area contributed by atoms with Crippen molar-refractivity contribution in [2.45, 2.75) is 18.9 Å². The normalized spacial score (nSPS) is 13.9. The van der Waals surface area contributed by atoms with Crippen molar-refractivity contribution in [2.75, 3.05) is 18.1 Å². The summed E-state index contributed by atoms with van der Waals surface area (Å²) >= 11 is 0. The fourth-order valence-electron chi connectivity index (χ4n) is 0.872. The van der Waals surface area contributed by atoms with E-state index in [2.05, 4.69) is 0 Å². The highest BCUT2D eigenvalue weighted by Gasteiger charge is 2.16. The van der Waals surface area contributed by atoms with E-state index in [1.54, 1.807) is 0 Å². The van der Waals surface area contributed by atoms with E-state index < -0.39 is 34.3 Å². The second kappa shape index (κ2) is 5.94. The predicted octanol–water partition coefficient (Wildman–Crippen LogP) is -1.38. The van der Waals surface area contributed by atoms with Crippen LogP contribution in [0.15, 0.2) is 0 Å². The predicted molar refractivity (Wildman–Crippen MR) is 48.6 cm³/mol. The van der Waals surface area contributed by atoms with Crippen LogP contribution in [0.5, 0.6) is 0 Å². The largest absolute Gasteiger partial charge is 0.481 e. The van der Waals surface area contributed by atoms with Gasteiger partial charge in [0.15, 0.2) is 9.84 Å². The molecule has 0 heterocycles. The van der Waals surface area contributed by atoms with Gasteiger partial charge in [-0.1, -0.05) is 0 Å². The highest BCUT2D eigenvalue weighted by atomic mass is 32.2. The zero-order chi connectivity index (χ0) is 11.2. The molecule has 3 N–H and O–H groups in total. The highest BCUT2D eigenvalue weighted by Crippen LogP contribution is 2.00. The molecule has 0 aromatic heterocycles. The number of aliphatic hydroxyl groups is 2. The number of sulfone groups is 1.